The molecule has 0 spiro atoms. The minimum Gasteiger partial charge on any atom is -0.488 e. The van der Waals surface area contributed by atoms with Crippen LogP contribution in [0.15, 0.2) is 48.5 Å². The highest BCUT2D eigenvalue weighted by atomic mass is 19.1. The van der Waals surface area contributed by atoms with Crippen molar-refractivity contribution < 1.29 is 18.7 Å². The van der Waals surface area contributed by atoms with Crippen LogP contribution in [0.5, 0.6) is 5.75 Å². The van der Waals surface area contributed by atoms with E-state index >= 15 is 0 Å². The van der Waals surface area contributed by atoms with Crippen LogP contribution in [0.3, 0.4) is 0 Å². The van der Waals surface area contributed by atoms with Crippen molar-refractivity contribution in [1.29, 1.82) is 0 Å². The molecule has 0 bridgehead atoms. The molecule has 0 saturated carbocycles. The van der Waals surface area contributed by atoms with Crippen molar-refractivity contribution in [1.82, 2.24) is 4.98 Å². The molecule has 0 amide bonds. The molecule has 0 fully saturated rings. The van der Waals surface area contributed by atoms with Gasteiger partial charge in [-0.15, -0.1) is 0 Å². The van der Waals surface area contributed by atoms with Gasteiger partial charge in [-0.05, 0) is 37.6 Å². The number of ether oxygens (including phenoxy) is 2. The summed E-state index contributed by atoms with van der Waals surface area (Å²) in [6.07, 6.45) is 0. The number of halogens is 1. The van der Waals surface area contributed by atoms with Crippen LogP contribution >= 0.6 is 0 Å². The first-order chi connectivity index (χ1) is 12.1. The topological polar surface area (TPSA) is 48.4 Å². The highest BCUT2D eigenvalue weighted by molar-refractivity contribution is 5.96. The Hall–Kier alpha value is -2.95. The molecule has 4 nitrogen and oxygen atoms in total. The van der Waals surface area contributed by atoms with E-state index in [1.807, 2.05) is 30.3 Å². The van der Waals surface area contributed by atoms with Crippen LogP contribution in [0.25, 0.3) is 10.9 Å². The largest absolute Gasteiger partial charge is 0.488 e. The lowest BCUT2D eigenvalue weighted by atomic mass is 10.1. The minimum absolute atomic E-state index is 0.184. The van der Waals surface area contributed by atoms with Crippen molar-refractivity contribution in [2.45, 2.75) is 20.5 Å². The van der Waals surface area contributed by atoms with Crippen LogP contribution in [0.2, 0.25) is 0 Å². The highest BCUT2D eigenvalue weighted by Gasteiger charge is 2.20. The van der Waals surface area contributed by atoms with Gasteiger partial charge < -0.3 is 9.47 Å². The van der Waals surface area contributed by atoms with Gasteiger partial charge in [0.15, 0.2) is 5.69 Å². The molecule has 5 heteroatoms. The normalized spacial score (nSPS) is 10.7. The van der Waals surface area contributed by atoms with Gasteiger partial charge in [-0.1, -0.05) is 30.3 Å². The summed E-state index contributed by atoms with van der Waals surface area (Å²) >= 11 is 0. The Morgan fingerprint density at radius 3 is 2.64 bits per heavy atom. The first-order valence-corrected chi connectivity index (χ1v) is 8.04. The zero-order valence-electron chi connectivity index (χ0n) is 14.1. The summed E-state index contributed by atoms with van der Waals surface area (Å²) in [6, 6.07) is 13.8. The lowest BCUT2D eigenvalue weighted by Gasteiger charge is -2.15. The fourth-order valence-electron chi connectivity index (χ4n) is 2.62. The zero-order chi connectivity index (χ0) is 17.8. The van der Waals surface area contributed by atoms with Gasteiger partial charge in [0, 0.05) is 10.9 Å². The van der Waals surface area contributed by atoms with E-state index in [2.05, 4.69) is 4.98 Å². The third kappa shape index (κ3) is 3.60. The van der Waals surface area contributed by atoms with E-state index in [9.17, 15) is 9.18 Å². The number of pyridine rings is 1. The van der Waals surface area contributed by atoms with E-state index in [-0.39, 0.29) is 18.1 Å². The van der Waals surface area contributed by atoms with Crippen molar-refractivity contribution in [2.75, 3.05) is 6.61 Å². The second-order valence-electron chi connectivity index (χ2n) is 5.57. The van der Waals surface area contributed by atoms with Crippen LogP contribution in [0.4, 0.5) is 4.39 Å². The third-order valence-corrected chi connectivity index (χ3v) is 3.83. The van der Waals surface area contributed by atoms with E-state index in [1.165, 1.54) is 18.2 Å². The fourth-order valence-corrected chi connectivity index (χ4v) is 2.62. The summed E-state index contributed by atoms with van der Waals surface area (Å²) < 4.78 is 24.7. The highest BCUT2D eigenvalue weighted by Crippen LogP contribution is 2.32. The number of fused-ring (bicyclic) bond motifs is 1. The Labute approximate surface area is 145 Å². The third-order valence-electron chi connectivity index (χ3n) is 3.83. The number of hydrogen-bond acceptors (Lipinski definition) is 4. The molecule has 128 valence electrons. The predicted octanol–water partition coefficient (Wildman–Crippen LogP) is 4.44. The van der Waals surface area contributed by atoms with Gasteiger partial charge in [0.2, 0.25) is 0 Å². The quantitative estimate of drug-likeness (QED) is 0.645. The molecule has 3 rings (SSSR count). The molecule has 1 aromatic heterocycles. The first kappa shape index (κ1) is 16.9. The second-order valence-corrected chi connectivity index (χ2v) is 5.57. The van der Waals surface area contributed by atoms with Crippen LogP contribution in [-0.2, 0) is 11.3 Å². The number of carbonyl (C=O) groups is 1. The predicted molar refractivity (Wildman–Crippen MR) is 93.2 cm³/mol. The monoisotopic (exact) mass is 339 g/mol. The minimum atomic E-state index is -0.518. The van der Waals surface area contributed by atoms with Crippen LogP contribution in [-0.4, -0.2) is 17.6 Å². The van der Waals surface area contributed by atoms with Gasteiger partial charge >= 0.3 is 5.97 Å². The van der Waals surface area contributed by atoms with Crippen LogP contribution < -0.4 is 4.74 Å². The number of rotatable bonds is 5. The number of carbonyl (C=O) groups excluding carboxylic acids is 1. The van der Waals surface area contributed by atoms with E-state index in [0.717, 1.165) is 5.56 Å². The van der Waals surface area contributed by atoms with Crippen molar-refractivity contribution in [2.24, 2.45) is 0 Å². The van der Waals surface area contributed by atoms with Gasteiger partial charge in [-0.25, -0.2) is 14.2 Å². The summed E-state index contributed by atoms with van der Waals surface area (Å²) in [6.45, 7) is 4.02. The van der Waals surface area contributed by atoms with Crippen molar-refractivity contribution >= 4 is 16.9 Å². The molecule has 0 radical (unpaired) electrons. The molecule has 2 aromatic carbocycles. The number of benzene rings is 2. The van der Waals surface area contributed by atoms with E-state index in [0.29, 0.717) is 28.8 Å². The average Bonchev–Trinajstić information content (AvgIpc) is 2.61. The maximum Gasteiger partial charge on any atom is 0.357 e. The average molecular weight is 339 g/mol. The van der Waals surface area contributed by atoms with E-state index < -0.39 is 5.97 Å². The smallest absolute Gasteiger partial charge is 0.357 e. The lowest BCUT2D eigenvalue weighted by Crippen LogP contribution is -2.11. The molecule has 3 aromatic rings. The molecule has 0 N–H and O–H groups in total. The second kappa shape index (κ2) is 7.30. The van der Waals surface area contributed by atoms with Gasteiger partial charge in [-0.2, -0.15) is 0 Å². The van der Waals surface area contributed by atoms with E-state index in [1.54, 1.807) is 13.8 Å². The molecular formula is C20H18FNO3. The molecule has 1 heterocycles. The number of hydrogen-bond donors (Lipinski definition) is 0. The Morgan fingerprint density at radius 1 is 1.16 bits per heavy atom. The van der Waals surface area contributed by atoms with Gasteiger partial charge in [0.25, 0.3) is 0 Å². The Balaban J connectivity index is 2.07. The Bertz CT molecular complexity index is 910. The Kier molecular flexibility index (Phi) is 4.93. The zero-order valence-corrected chi connectivity index (χ0v) is 14.1. The molecule has 0 unspecified atom stereocenters. The van der Waals surface area contributed by atoms with Crippen molar-refractivity contribution in [3.05, 3.63) is 71.2 Å². The Morgan fingerprint density at radius 2 is 1.92 bits per heavy atom. The number of esters is 1. The summed E-state index contributed by atoms with van der Waals surface area (Å²) in [5.74, 6) is -0.464. The summed E-state index contributed by atoms with van der Waals surface area (Å²) in [5.41, 5.74) is 2.18. The SMILES string of the molecule is CCOC(=O)c1nc2ccc(F)cc2c(OCc2ccccc2)c1C. The molecule has 0 atom stereocenters. The molecule has 0 aliphatic heterocycles. The van der Waals surface area contributed by atoms with Crippen LogP contribution in [0.1, 0.15) is 28.5 Å². The molecule has 25 heavy (non-hydrogen) atoms. The molecule has 0 aliphatic rings. The van der Waals surface area contributed by atoms with Crippen molar-refractivity contribution in [3.63, 3.8) is 0 Å². The first-order valence-electron chi connectivity index (χ1n) is 8.04. The van der Waals surface area contributed by atoms with Gasteiger partial charge in [0.05, 0.1) is 12.1 Å². The summed E-state index contributed by atoms with van der Waals surface area (Å²) in [4.78, 5) is 16.5. The standard InChI is InChI=1S/C20H18FNO3/c1-3-24-20(23)18-13(2)19(25-12-14-7-5-4-6-8-14)16-11-15(21)9-10-17(16)22-18/h4-11H,3,12H2,1-2H3. The van der Waals surface area contributed by atoms with Crippen molar-refractivity contribution in [3.8, 4) is 5.75 Å². The van der Waals surface area contributed by atoms with E-state index in [4.69, 9.17) is 9.47 Å². The summed E-state index contributed by atoms with van der Waals surface area (Å²) in [7, 11) is 0. The summed E-state index contributed by atoms with van der Waals surface area (Å²) in [5, 5.41) is 0.529. The molecule has 0 aliphatic carbocycles. The van der Waals surface area contributed by atoms with Gasteiger partial charge in [-0.3, -0.25) is 0 Å². The molecular weight excluding hydrogens is 321 g/mol. The maximum absolute atomic E-state index is 13.7. The lowest BCUT2D eigenvalue weighted by molar-refractivity contribution is 0.0518. The van der Waals surface area contributed by atoms with Crippen LogP contribution in [0, 0.1) is 12.7 Å². The maximum atomic E-state index is 13.7. The number of aromatic nitrogens is 1. The fraction of sp³-hybridized carbons (Fsp3) is 0.200. The van der Waals surface area contributed by atoms with Gasteiger partial charge in [0.1, 0.15) is 18.2 Å². The molecule has 0 saturated heterocycles. The number of nitrogens with zero attached hydrogens (tertiary/aromatic N) is 1.